The quantitative estimate of drug-likeness (QED) is 0.882. The van der Waals surface area contributed by atoms with Crippen LogP contribution < -0.4 is 10.6 Å². The fourth-order valence-electron chi connectivity index (χ4n) is 3.58. The Bertz CT molecular complexity index is 472. The zero-order valence-corrected chi connectivity index (χ0v) is 12.8. The summed E-state index contributed by atoms with van der Waals surface area (Å²) >= 11 is 0. The first kappa shape index (κ1) is 14.1. The minimum Gasteiger partial charge on any atom is -0.381 e. The van der Waals surface area contributed by atoms with Gasteiger partial charge in [0.2, 0.25) is 0 Å². The average Bonchev–Trinajstić information content (AvgIpc) is 2.46. The van der Waals surface area contributed by atoms with Crippen LogP contribution in [0.15, 0.2) is 24.3 Å². The molecule has 1 aliphatic heterocycles. The number of rotatable bonds is 4. The van der Waals surface area contributed by atoms with Gasteiger partial charge in [-0.2, -0.15) is 0 Å². The predicted molar refractivity (Wildman–Crippen MR) is 81.8 cm³/mol. The topological polar surface area (TPSA) is 33.3 Å². The van der Waals surface area contributed by atoms with Crippen LogP contribution in [-0.4, -0.2) is 31.8 Å². The summed E-state index contributed by atoms with van der Waals surface area (Å²) in [5.41, 5.74) is 3.20. The van der Waals surface area contributed by atoms with Crippen LogP contribution in [0, 0.1) is 5.41 Å². The molecule has 1 fully saturated rings. The second kappa shape index (κ2) is 5.47. The zero-order valence-electron chi connectivity index (χ0n) is 12.8. The van der Waals surface area contributed by atoms with E-state index in [1.54, 1.807) is 0 Å². The molecule has 0 spiro atoms. The Labute approximate surface area is 122 Å². The monoisotopic (exact) mass is 274 g/mol. The van der Waals surface area contributed by atoms with Gasteiger partial charge in [0.25, 0.3) is 0 Å². The van der Waals surface area contributed by atoms with Crippen molar-refractivity contribution in [2.75, 3.05) is 13.7 Å². The van der Waals surface area contributed by atoms with E-state index in [2.05, 4.69) is 48.7 Å². The minimum atomic E-state index is 0.251. The van der Waals surface area contributed by atoms with Crippen molar-refractivity contribution in [3.05, 3.63) is 35.4 Å². The van der Waals surface area contributed by atoms with E-state index >= 15 is 0 Å². The molecule has 2 N–H and O–H groups in total. The molecule has 0 bridgehead atoms. The van der Waals surface area contributed by atoms with Gasteiger partial charge in [0.1, 0.15) is 0 Å². The Morgan fingerprint density at radius 3 is 2.75 bits per heavy atom. The Morgan fingerprint density at radius 1 is 1.30 bits per heavy atom. The van der Waals surface area contributed by atoms with Crippen LogP contribution in [0.1, 0.15) is 31.4 Å². The summed E-state index contributed by atoms with van der Waals surface area (Å²) in [5.74, 6) is 0. The fraction of sp³-hybridized carbons (Fsp3) is 0.647. The van der Waals surface area contributed by atoms with E-state index in [9.17, 15) is 0 Å². The highest BCUT2D eigenvalue weighted by Crippen LogP contribution is 2.42. The highest BCUT2D eigenvalue weighted by Gasteiger charge is 2.48. The van der Waals surface area contributed by atoms with E-state index < -0.39 is 0 Å². The zero-order chi connectivity index (χ0) is 14.2. The van der Waals surface area contributed by atoms with Gasteiger partial charge >= 0.3 is 0 Å². The Balaban J connectivity index is 1.52. The van der Waals surface area contributed by atoms with Crippen LogP contribution >= 0.6 is 0 Å². The lowest BCUT2D eigenvalue weighted by Crippen LogP contribution is -2.62. The Kier molecular flexibility index (Phi) is 3.85. The number of ether oxygens (including phenoxy) is 1. The predicted octanol–water partition coefficient (Wildman–Crippen LogP) is 2.10. The van der Waals surface area contributed by atoms with Gasteiger partial charge in [-0.1, -0.05) is 38.1 Å². The largest absolute Gasteiger partial charge is 0.381 e. The number of nitrogens with one attached hydrogen (secondary N) is 2. The summed E-state index contributed by atoms with van der Waals surface area (Å²) < 4.78 is 5.51. The minimum absolute atomic E-state index is 0.251. The third-order valence-electron chi connectivity index (χ3n) is 5.24. The first-order chi connectivity index (χ1) is 9.61. The van der Waals surface area contributed by atoms with Gasteiger partial charge in [0.05, 0.1) is 6.10 Å². The molecule has 3 nitrogen and oxygen atoms in total. The van der Waals surface area contributed by atoms with Crippen molar-refractivity contribution >= 4 is 0 Å². The summed E-state index contributed by atoms with van der Waals surface area (Å²) in [6, 6.07) is 9.88. The molecule has 1 heterocycles. The molecule has 1 aromatic rings. The molecule has 110 valence electrons. The highest BCUT2D eigenvalue weighted by molar-refractivity contribution is 5.30. The molecule has 3 unspecified atom stereocenters. The summed E-state index contributed by atoms with van der Waals surface area (Å²) in [6.07, 6.45) is 2.66. The van der Waals surface area contributed by atoms with Gasteiger partial charge in [-0.25, -0.2) is 0 Å². The lowest BCUT2D eigenvalue weighted by Gasteiger charge is -2.52. The first-order valence-electron chi connectivity index (χ1n) is 7.67. The van der Waals surface area contributed by atoms with Crippen LogP contribution in [0.2, 0.25) is 0 Å². The molecule has 3 rings (SSSR count). The summed E-state index contributed by atoms with van der Waals surface area (Å²) in [4.78, 5) is 0. The van der Waals surface area contributed by atoms with Crippen molar-refractivity contribution in [1.29, 1.82) is 0 Å². The van der Waals surface area contributed by atoms with E-state index in [4.69, 9.17) is 4.74 Å². The van der Waals surface area contributed by atoms with Crippen LogP contribution in [0.4, 0.5) is 0 Å². The standard InChI is InChI=1S/C17H26N2O/c1-17(2)15(9-16(17)20-3)19-11-14-8-12-6-4-5-7-13(12)10-18-14/h4-7,14-16,18-19H,8-11H2,1-3H3. The van der Waals surface area contributed by atoms with Crippen LogP contribution in [0.5, 0.6) is 0 Å². The van der Waals surface area contributed by atoms with Crippen LogP contribution in [0.3, 0.4) is 0 Å². The van der Waals surface area contributed by atoms with Crippen LogP contribution in [-0.2, 0) is 17.7 Å². The van der Waals surface area contributed by atoms with Crippen molar-refractivity contribution in [2.45, 2.75) is 51.4 Å². The molecule has 0 radical (unpaired) electrons. The summed E-state index contributed by atoms with van der Waals surface area (Å²) in [6.45, 7) is 6.63. The normalized spacial score (nSPS) is 31.4. The second-order valence-corrected chi connectivity index (χ2v) is 6.79. The number of fused-ring (bicyclic) bond motifs is 1. The van der Waals surface area contributed by atoms with E-state index in [-0.39, 0.29) is 5.41 Å². The molecule has 0 saturated heterocycles. The molecular formula is C17H26N2O. The molecule has 0 amide bonds. The molecule has 1 saturated carbocycles. The van der Waals surface area contributed by atoms with E-state index in [1.807, 2.05) is 7.11 Å². The Hall–Kier alpha value is -0.900. The molecule has 3 atom stereocenters. The van der Waals surface area contributed by atoms with Crippen molar-refractivity contribution < 1.29 is 4.74 Å². The number of hydrogen-bond donors (Lipinski definition) is 2. The number of methoxy groups -OCH3 is 1. The van der Waals surface area contributed by atoms with E-state index in [1.165, 1.54) is 11.1 Å². The van der Waals surface area contributed by atoms with Crippen LogP contribution in [0.25, 0.3) is 0 Å². The molecule has 1 aromatic carbocycles. The van der Waals surface area contributed by atoms with Crippen molar-refractivity contribution in [2.24, 2.45) is 5.41 Å². The SMILES string of the molecule is COC1CC(NCC2Cc3ccccc3CN2)C1(C)C. The third-order valence-corrected chi connectivity index (χ3v) is 5.24. The maximum atomic E-state index is 5.51. The van der Waals surface area contributed by atoms with E-state index in [0.29, 0.717) is 18.2 Å². The number of hydrogen-bond acceptors (Lipinski definition) is 3. The van der Waals surface area contributed by atoms with Gasteiger partial charge in [-0.05, 0) is 24.0 Å². The lowest BCUT2D eigenvalue weighted by molar-refractivity contribution is -0.0977. The third kappa shape index (κ3) is 2.50. The Morgan fingerprint density at radius 2 is 2.05 bits per heavy atom. The average molecular weight is 274 g/mol. The molecular weight excluding hydrogens is 248 g/mol. The van der Waals surface area contributed by atoms with Gasteiger partial charge in [0.15, 0.2) is 0 Å². The van der Waals surface area contributed by atoms with Crippen molar-refractivity contribution in [1.82, 2.24) is 10.6 Å². The molecule has 2 aliphatic rings. The molecule has 1 aliphatic carbocycles. The second-order valence-electron chi connectivity index (χ2n) is 6.79. The van der Waals surface area contributed by atoms with Gasteiger partial charge in [-0.15, -0.1) is 0 Å². The van der Waals surface area contributed by atoms with Crippen molar-refractivity contribution in [3.8, 4) is 0 Å². The fourth-order valence-corrected chi connectivity index (χ4v) is 3.58. The molecule has 20 heavy (non-hydrogen) atoms. The van der Waals surface area contributed by atoms with Gasteiger partial charge in [-0.3, -0.25) is 0 Å². The maximum Gasteiger partial charge on any atom is 0.0652 e. The summed E-state index contributed by atoms with van der Waals surface area (Å²) in [7, 11) is 1.82. The van der Waals surface area contributed by atoms with Gasteiger partial charge < -0.3 is 15.4 Å². The summed E-state index contributed by atoms with van der Waals surface area (Å²) in [5, 5.41) is 7.37. The number of benzene rings is 1. The smallest absolute Gasteiger partial charge is 0.0652 e. The van der Waals surface area contributed by atoms with Crippen molar-refractivity contribution in [3.63, 3.8) is 0 Å². The first-order valence-corrected chi connectivity index (χ1v) is 7.67. The molecule has 0 aromatic heterocycles. The maximum absolute atomic E-state index is 5.51. The molecule has 3 heteroatoms. The van der Waals surface area contributed by atoms with Gasteiger partial charge in [0, 0.05) is 37.7 Å². The van der Waals surface area contributed by atoms with E-state index in [0.717, 1.165) is 25.9 Å². The highest BCUT2D eigenvalue weighted by atomic mass is 16.5. The lowest BCUT2D eigenvalue weighted by atomic mass is 9.64.